The maximum Gasteiger partial charge on any atom is 0.434 e. The van der Waals surface area contributed by atoms with Gasteiger partial charge in [-0.05, 0) is 37.0 Å². The van der Waals surface area contributed by atoms with E-state index < -0.39 is 21.9 Å². The topological polar surface area (TPSA) is 87.8 Å². The van der Waals surface area contributed by atoms with Gasteiger partial charge >= 0.3 is 6.18 Å². The highest BCUT2D eigenvalue weighted by molar-refractivity contribution is 7.89. The highest BCUT2D eigenvalue weighted by Gasteiger charge is 2.35. The van der Waals surface area contributed by atoms with Crippen molar-refractivity contribution in [3.05, 3.63) is 47.0 Å². The summed E-state index contributed by atoms with van der Waals surface area (Å²) >= 11 is 0. The lowest BCUT2D eigenvalue weighted by Gasteiger charge is -2.24. The molecule has 1 aromatic heterocycles. The van der Waals surface area contributed by atoms with E-state index in [2.05, 4.69) is 9.71 Å². The first-order valence-electron chi connectivity index (χ1n) is 8.24. The number of rotatable bonds is 4. The van der Waals surface area contributed by atoms with Crippen LogP contribution < -0.4 is 4.72 Å². The van der Waals surface area contributed by atoms with Gasteiger partial charge < -0.3 is 4.57 Å². The summed E-state index contributed by atoms with van der Waals surface area (Å²) in [6.45, 7) is 1.99. The van der Waals surface area contributed by atoms with Gasteiger partial charge in [0.1, 0.15) is 5.82 Å². The molecule has 0 bridgehead atoms. The molecular formula is C17H17F3N4O2S. The summed E-state index contributed by atoms with van der Waals surface area (Å²) in [5, 5.41) is 8.95. The number of benzene rings is 1. The predicted octanol–water partition coefficient (Wildman–Crippen LogP) is 2.62. The van der Waals surface area contributed by atoms with Gasteiger partial charge in [-0.3, -0.25) is 0 Å². The molecule has 3 rings (SSSR count). The van der Waals surface area contributed by atoms with E-state index in [1.54, 1.807) is 13.0 Å². The van der Waals surface area contributed by atoms with Crippen LogP contribution in [0.1, 0.15) is 29.1 Å². The Hall–Kier alpha value is -2.38. The molecule has 10 heteroatoms. The van der Waals surface area contributed by atoms with Crippen molar-refractivity contribution in [2.24, 2.45) is 5.92 Å². The zero-order valence-electron chi connectivity index (χ0n) is 14.4. The van der Waals surface area contributed by atoms with Crippen LogP contribution in [0.4, 0.5) is 13.2 Å². The van der Waals surface area contributed by atoms with Gasteiger partial charge in [0.2, 0.25) is 10.0 Å². The van der Waals surface area contributed by atoms with Crippen molar-refractivity contribution in [2.75, 3.05) is 6.54 Å². The maximum atomic E-state index is 12.8. The first kappa shape index (κ1) is 19.4. The average molecular weight is 398 g/mol. The lowest BCUT2D eigenvalue weighted by atomic mass is 10.00. The van der Waals surface area contributed by atoms with Crippen LogP contribution in [-0.4, -0.2) is 24.5 Å². The van der Waals surface area contributed by atoms with Crippen LogP contribution in [0.2, 0.25) is 0 Å². The maximum absolute atomic E-state index is 12.8. The van der Waals surface area contributed by atoms with E-state index in [1.165, 1.54) is 16.7 Å². The molecule has 0 saturated heterocycles. The summed E-state index contributed by atoms with van der Waals surface area (Å²) in [5.74, 6) is 0.209. The number of halogens is 3. The van der Waals surface area contributed by atoms with Crippen LogP contribution in [0.25, 0.3) is 0 Å². The molecule has 1 N–H and O–H groups in total. The highest BCUT2D eigenvalue weighted by atomic mass is 32.2. The van der Waals surface area contributed by atoms with E-state index in [9.17, 15) is 21.6 Å². The summed E-state index contributed by atoms with van der Waals surface area (Å²) in [5.41, 5.74) is -0.180. The average Bonchev–Trinajstić information content (AvgIpc) is 3.04. The molecule has 6 nitrogen and oxygen atoms in total. The van der Waals surface area contributed by atoms with Crippen LogP contribution in [0, 0.1) is 24.2 Å². The monoisotopic (exact) mass is 398 g/mol. The van der Waals surface area contributed by atoms with Gasteiger partial charge in [0.25, 0.3) is 0 Å². The summed E-state index contributed by atoms with van der Waals surface area (Å²) in [6, 6.07) is 6.31. The third kappa shape index (κ3) is 4.14. The second-order valence-electron chi connectivity index (χ2n) is 6.54. The number of alkyl halides is 3. The second kappa shape index (κ2) is 6.98. The third-order valence-corrected chi connectivity index (χ3v) is 6.12. The minimum Gasteiger partial charge on any atom is -0.334 e. The summed E-state index contributed by atoms with van der Waals surface area (Å²) in [6.07, 6.45) is -2.64. The Balaban J connectivity index is 1.71. The molecule has 0 unspecified atom stereocenters. The van der Waals surface area contributed by atoms with Gasteiger partial charge in [0.05, 0.1) is 16.5 Å². The molecule has 0 amide bonds. The van der Waals surface area contributed by atoms with E-state index in [4.69, 9.17) is 5.26 Å². The standard InChI is InChI=1S/C17H17F3N4O2S/c1-11-2-3-12(7-21)6-14(11)27(25,26)22-8-13-4-5-16-23-15(17(18,19)20)10-24(16)9-13/h2-3,6,10,13,22H,4-5,8-9H2,1H3/t13-/m0/s1. The Labute approximate surface area is 154 Å². The zero-order valence-corrected chi connectivity index (χ0v) is 15.2. The number of nitrogens with one attached hydrogen (secondary N) is 1. The normalized spacial score (nSPS) is 17.4. The molecule has 27 heavy (non-hydrogen) atoms. The van der Waals surface area contributed by atoms with Gasteiger partial charge in [-0.15, -0.1) is 0 Å². The smallest absolute Gasteiger partial charge is 0.334 e. The van der Waals surface area contributed by atoms with Gasteiger partial charge in [-0.25, -0.2) is 18.1 Å². The number of sulfonamides is 1. The summed E-state index contributed by atoms with van der Waals surface area (Å²) < 4.78 is 67.4. The minimum atomic E-state index is -4.50. The number of hydrogen-bond acceptors (Lipinski definition) is 4. The van der Waals surface area contributed by atoms with Gasteiger partial charge in [-0.2, -0.15) is 18.4 Å². The van der Waals surface area contributed by atoms with E-state index >= 15 is 0 Å². The molecule has 1 aliphatic rings. The van der Waals surface area contributed by atoms with Crippen LogP contribution in [0.15, 0.2) is 29.3 Å². The molecule has 2 aromatic rings. The van der Waals surface area contributed by atoms with Crippen LogP contribution >= 0.6 is 0 Å². The molecule has 1 aliphatic heterocycles. The fourth-order valence-electron chi connectivity index (χ4n) is 3.08. The van der Waals surface area contributed by atoms with Gasteiger partial charge in [0, 0.05) is 25.7 Å². The van der Waals surface area contributed by atoms with E-state index in [0.29, 0.717) is 24.2 Å². The first-order valence-corrected chi connectivity index (χ1v) is 9.72. The molecular weight excluding hydrogens is 381 g/mol. The molecule has 2 heterocycles. The van der Waals surface area contributed by atoms with Crippen molar-refractivity contribution in [2.45, 2.75) is 37.4 Å². The quantitative estimate of drug-likeness (QED) is 0.858. The van der Waals surface area contributed by atoms with Crippen LogP contribution in [0.5, 0.6) is 0 Å². The number of aromatic nitrogens is 2. The molecule has 1 atom stereocenters. The van der Waals surface area contributed by atoms with Gasteiger partial charge in [-0.1, -0.05) is 6.07 Å². The summed E-state index contributed by atoms with van der Waals surface area (Å²) in [4.78, 5) is 3.64. The van der Waals surface area contributed by atoms with Crippen LogP contribution in [0.3, 0.4) is 0 Å². The van der Waals surface area contributed by atoms with Crippen molar-refractivity contribution >= 4 is 10.0 Å². The SMILES string of the molecule is Cc1ccc(C#N)cc1S(=O)(=O)NC[C@@H]1CCc2nc(C(F)(F)F)cn2C1. The Morgan fingerprint density at radius 3 is 2.81 bits per heavy atom. The Kier molecular flexibility index (Phi) is 5.01. The molecule has 0 radical (unpaired) electrons. The Morgan fingerprint density at radius 1 is 1.41 bits per heavy atom. The number of aryl methyl sites for hydroxylation is 2. The fraction of sp³-hybridized carbons (Fsp3) is 0.412. The Bertz CT molecular complexity index is 1010. The van der Waals surface area contributed by atoms with Crippen molar-refractivity contribution in [3.8, 4) is 6.07 Å². The number of nitriles is 1. The van der Waals surface area contributed by atoms with Crippen molar-refractivity contribution in [1.29, 1.82) is 5.26 Å². The predicted molar refractivity (Wildman–Crippen MR) is 90.1 cm³/mol. The number of hydrogen-bond donors (Lipinski definition) is 1. The van der Waals surface area contributed by atoms with E-state index in [1.807, 2.05) is 6.07 Å². The summed E-state index contributed by atoms with van der Waals surface area (Å²) in [7, 11) is -3.82. The van der Waals surface area contributed by atoms with Crippen molar-refractivity contribution in [1.82, 2.24) is 14.3 Å². The van der Waals surface area contributed by atoms with E-state index in [-0.39, 0.29) is 29.5 Å². The van der Waals surface area contributed by atoms with Crippen LogP contribution in [-0.2, 0) is 29.2 Å². The van der Waals surface area contributed by atoms with Gasteiger partial charge in [0.15, 0.2) is 5.69 Å². The Morgan fingerprint density at radius 2 is 2.15 bits per heavy atom. The minimum absolute atomic E-state index is 0.0278. The van der Waals surface area contributed by atoms with E-state index in [0.717, 1.165) is 6.20 Å². The lowest BCUT2D eigenvalue weighted by molar-refractivity contribution is -0.141. The lowest BCUT2D eigenvalue weighted by Crippen LogP contribution is -2.34. The van der Waals surface area contributed by atoms with Crippen molar-refractivity contribution < 1.29 is 21.6 Å². The third-order valence-electron chi connectivity index (χ3n) is 4.55. The number of fused-ring (bicyclic) bond motifs is 1. The highest BCUT2D eigenvalue weighted by Crippen LogP contribution is 2.30. The molecule has 144 valence electrons. The molecule has 0 fully saturated rings. The zero-order chi connectivity index (χ0) is 19.8. The number of imidazole rings is 1. The fourth-order valence-corrected chi connectivity index (χ4v) is 4.47. The number of nitrogens with zero attached hydrogens (tertiary/aromatic N) is 3. The largest absolute Gasteiger partial charge is 0.434 e. The first-order chi connectivity index (χ1) is 12.6. The molecule has 0 saturated carbocycles. The second-order valence-corrected chi connectivity index (χ2v) is 8.28. The molecule has 0 aliphatic carbocycles. The molecule has 0 spiro atoms. The van der Waals surface area contributed by atoms with Crippen molar-refractivity contribution in [3.63, 3.8) is 0 Å². The molecule has 1 aromatic carbocycles.